The summed E-state index contributed by atoms with van der Waals surface area (Å²) in [4.78, 5) is 23.3. The number of likely N-dealkylation sites (N-methyl/N-ethyl adjacent to an activating group) is 1. The van der Waals surface area contributed by atoms with Gasteiger partial charge in [-0.1, -0.05) is 31.3 Å². The topological polar surface area (TPSA) is 54.9 Å². The summed E-state index contributed by atoms with van der Waals surface area (Å²) in [5.41, 5.74) is 1.95. The number of nitrogens with zero attached hydrogens (tertiary/aromatic N) is 3. The van der Waals surface area contributed by atoms with E-state index in [2.05, 4.69) is 25.7 Å². The van der Waals surface area contributed by atoms with Crippen molar-refractivity contribution in [3.63, 3.8) is 0 Å². The number of ether oxygens (including phenoxy) is 2. The van der Waals surface area contributed by atoms with Crippen LogP contribution >= 0.6 is 23.1 Å². The molecule has 32 heavy (non-hydrogen) atoms. The number of carbonyl (C=O) groups is 1. The molecule has 3 rings (SSSR count). The number of carbonyl (C=O) groups excluding carboxylic acids is 1. The molecule has 8 heteroatoms. The van der Waals surface area contributed by atoms with Crippen molar-refractivity contribution in [1.82, 2.24) is 9.88 Å². The Morgan fingerprint density at radius 3 is 2.38 bits per heavy atom. The summed E-state index contributed by atoms with van der Waals surface area (Å²) in [5, 5.41) is 0.722. The van der Waals surface area contributed by atoms with Crippen LogP contribution in [0.3, 0.4) is 0 Å². The van der Waals surface area contributed by atoms with E-state index in [4.69, 9.17) is 14.5 Å². The number of amides is 1. The minimum atomic E-state index is 0.0497. The number of fused-ring (bicyclic) bond motifs is 1. The lowest BCUT2D eigenvalue weighted by Gasteiger charge is -2.24. The van der Waals surface area contributed by atoms with E-state index in [9.17, 15) is 4.79 Å². The smallest absolute Gasteiger partial charge is 0.239 e. The standard InChI is InChI=1S/C24H31N3O3S2/c1-6-26(7-2)14-15-27(21(28)16-31-19-11-9-18(29-4)10-12-19)24-25-22-20(30-5)13-8-17(3)23(22)32-24/h8-13H,6-7,14-16H2,1-5H3. The van der Waals surface area contributed by atoms with E-state index in [1.165, 1.54) is 11.8 Å². The lowest BCUT2D eigenvalue weighted by molar-refractivity contribution is -0.116. The molecule has 0 saturated carbocycles. The van der Waals surface area contributed by atoms with Gasteiger partial charge in [-0.05, 0) is 55.9 Å². The number of hydrogen-bond acceptors (Lipinski definition) is 7. The second-order valence-electron chi connectivity index (χ2n) is 7.30. The van der Waals surface area contributed by atoms with Crippen LogP contribution < -0.4 is 14.4 Å². The first kappa shape index (κ1) is 24.4. The molecule has 0 saturated heterocycles. The van der Waals surface area contributed by atoms with E-state index >= 15 is 0 Å². The molecule has 0 N–H and O–H groups in total. The van der Waals surface area contributed by atoms with Gasteiger partial charge in [0.15, 0.2) is 5.13 Å². The number of aromatic nitrogens is 1. The number of methoxy groups -OCH3 is 2. The van der Waals surface area contributed by atoms with Gasteiger partial charge in [-0.3, -0.25) is 9.69 Å². The van der Waals surface area contributed by atoms with E-state index in [0.717, 1.165) is 56.9 Å². The number of thiazole rings is 1. The van der Waals surface area contributed by atoms with Gasteiger partial charge in [0.05, 0.1) is 24.7 Å². The molecule has 1 aromatic heterocycles. The van der Waals surface area contributed by atoms with Crippen molar-refractivity contribution in [2.24, 2.45) is 0 Å². The van der Waals surface area contributed by atoms with Gasteiger partial charge in [-0.2, -0.15) is 0 Å². The van der Waals surface area contributed by atoms with Crippen molar-refractivity contribution >= 4 is 44.4 Å². The Morgan fingerprint density at radius 1 is 1.03 bits per heavy atom. The molecule has 0 atom stereocenters. The summed E-state index contributed by atoms with van der Waals surface area (Å²) >= 11 is 3.08. The molecule has 3 aromatic rings. The van der Waals surface area contributed by atoms with Crippen LogP contribution in [0.25, 0.3) is 10.2 Å². The normalized spacial score (nSPS) is 11.2. The number of hydrogen-bond donors (Lipinski definition) is 0. The zero-order chi connectivity index (χ0) is 23.1. The molecule has 6 nitrogen and oxygen atoms in total. The van der Waals surface area contributed by atoms with Crippen molar-refractivity contribution in [2.45, 2.75) is 25.7 Å². The van der Waals surface area contributed by atoms with Gasteiger partial charge >= 0.3 is 0 Å². The summed E-state index contributed by atoms with van der Waals surface area (Å²) < 4.78 is 11.8. The van der Waals surface area contributed by atoms with Crippen LogP contribution in [0.15, 0.2) is 41.3 Å². The Balaban J connectivity index is 1.84. The van der Waals surface area contributed by atoms with Gasteiger partial charge < -0.3 is 14.4 Å². The van der Waals surface area contributed by atoms with Crippen LogP contribution in [-0.4, -0.2) is 61.9 Å². The third kappa shape index (κ3) is 5.74. The second kappa shape index (κ2) is 11.5. The fraction of sp³-hybridized carbons (Fsp3) is 0.417. The summed E-state index contributed by atoms with van der Waals surface area (Å²) in [7, 11) is 3.30. The van der Waals surface area contributed by atoms with E-state index in [1.54, 1.807) is 25.6 Å². The molecule has 0 aliphatic carbocycles. The van der Waals surface area contributed by atoms with Gasteiger partial charge in [0.2, 0.25) is 5.91 Å². The first-order valence-corrected chi connectivity index (χ1v) is 12.5. The number of thioether (sulfide) groups is 1. The number of anilines is 1. The minimum absolute atomic E-state index is 0.0497. The monoisotopic (exact) mass is 473 g/mol. The SMILES string of the molecule is CCN(CC)CCN(C(=O)CSc1ccc(OC)cc1)c1nc2c(OC)ccc(C)c2s1. The summed E-state index contributed by atoms with van der Waals surface area (Å²) in [6.45, 7) is 9.65. The third-order valence-corrected chi connectivity index (χ3v) is 7.61. The molecular formula is C24H31N3O3S2. The Bertz CT molecular complexity index is 1030. The van der Waals surface area contributed by atoms with Crippen LogP contribution in [0.4, 0.5) is 5.13 Å². The highest BCUT2D eigenvalue weighted by molar-refractivity contribution is 8.00. The van der Waals surface area contributed by atoms with Crippen LogP contribution in [0.5, 0.6) is 11.5 Å². The summed E-state index contributed by atoms with van der Waals surface area (Å²) in [6.07, 6.45) is 0. The predicted octanol–water partition coefficient (Wildman–Crippen LogP) is 5.09. The Hall–Kier alpha value is -2.29. The Labute approximate surface area is 198 Å². The lowest BCUT2D eigenvalue weighted by atomic mass is 10.2. The molecule has 2 aromatic carbocycles. The predicted molar refractivity (Wildman–Crippen MR) is 135 cm³/mol. The maximum Gasteiger partial charge on any atom is 0.239 e. The van der Waals surface area contributed by atoms with Crippen LogP contribution in [0.1, 0.15) is 19.4 Å². The molecule has 0 radical (unpaired) electrons. The summed E-state index contributed by atoms with van der Waals surface area (Å²) in [5.74, 6) is 1.93. The molecule has 0 bridgehead atoms. The minimum Gasteiger partial charge on any atom is -0.497 e. The average molecular weight is 474 g/mol. The second-order valence-corrected chi connectivity index (χ2v) is 9.32. The van der Waals surface area contributed by atoms with E-state index in [0.29, 0.717) is 12.3 Å². The number of aryl methyl sites for hydroxylation is 1. The van der Waals surface area contributed by atoms with E-state index in [-0.39, 0.29) is 5.91 Å². The molecule has 0 aliphatic rings. The zero-order valence-corrected chi connectivity index (χ0v) is 21.0. The molecular weight excluding hydrogens is 442 g/mol. The molecule has 0 spiro atoms. The first-order chi connectivity index (χ1) is 15.5. The molecule has 0 aliphatic heterocycles. The van der Waals surface area contributed by atoms with Crippen molar-refractivity contribution in [3.05, 3.63) is 42.0 Å². The van der Waals surface area contributed by atoms with Crippen molar-refractivity contribution < 1.29 is 14.3 Å². The third-order valence-electron chi connectivity index (χ3n) is 5.40. The maximum absolute atomic E-state index is 13.3. The molecule has 172 valence electrons. The largest absolute Gasteiger partial charge is 0.497 e. The molecule has 0 unspecified atom stereocenters. The Morgan fingerprint density at radius 2 is 1.75 bits per heavy atom. The van der Waals surface area contributed by atoms with Gasteiger partial charge in [0.1, 0.15) is 17.0 Å². The maximum atomic E-state index is 13.3. The van der Waals surface area contributed by atoms with Crippen LogP contribution in [-0.2, 0) is 4.79 Å². The number of rotatable bonds is 11. The van der Waals surface area contributed by atoms with Gasteiger partial charge in [0.25, 0.3) is 0 Å². The fourth-order valence-corrected chi connectivity index (χ4v) is 5.25. The highest BCUT2D eigenvalue weighted by Gasteiger charge is 2.22. The van der Waals surface area contributed by atoms with Crippen LogP contribution in [0, 0.1) is 6.92 Å². The van der Waals surface area contributed by atoms with Gasteiger partial charge in [-0.15, -0.1) is 11.8 Å². The average Bonchev–Trinajstić information content (AvgIpc) is 3.27. The highest BCUT2D eigenvalue weighted by atomic mass is 32.2. The van der Waals surface area contributed by atoms with Crippen molar-refractivity contribution in [3.8, 4) is 11.5 Å². The van der Waals surface area contributed by atoms with Crippen molar-refractivity contribution in [2.75, 3.05) is 51.1 Å². The lowest BCUT2D eigenvalue weighted by Crippen LogP contribution is -2.39. The zero-order valence-electron chi connectivity index (χ0n) is 19.4. The van der Waals surface area contributed by atoms with E-state index < -0.39 is 0 Å². The summed E-state index contributed by atoms with van der Waals surface area (Å²) in [6, 6.07) is 11.7. The van der Waals surface area contributed by atoms with Crippen molar-refractivity contribution in [1.29, 1.82) is 0 Å². The molecule has 1 heterocycles. The van der Waals surface area contributed by atoms with Gasteiger partial charge in [-0.25, -0.2) is 4.98 Å². The van der Waals surface area contributed by atoms with Crippen LogP contribution in [0.2, 0.25) is 0 Å². The van der Waals surface area contributed by atoms with Gasteiger partial charge in [0, 0.05) is 18.0 Å². The number of benzene rings is 2. The van der Waals surface area contributed by atoms with E-state index in [1.807, 2.05) is 41.3 Å². The quantitative estimate of drug-likeness (QED) is 0.362. The Kier molecular flexibility index (Phi) is 8.78. The highest BCUT2D eigenvalue weighted by Crippen LogP contribution is 2.36. The molecule has 1 amide bonds. The fourth-order valence-electron chi connectivity index (χ4n) is 3.38. The first-order valence-electron chi connectivity index (χ1n) is 10.7. The molecule has 0 fully saturated rings.